The third-order valence-corrected chi connectivity index (χ3v) is 5.32. The third-order valence-electron chi connectivity index (χ3n) is 4.91. The van der Waals surface area contributed by atoms with E-state index in [0.29, 0.717) is 22.0 Å². The highest BCUT2D eigenvalue weighted by molar-refractivity contribution is 6.31. The molecule has 3 rings (SSSR count). The fourth-order valence-corrected chi connectivity index (χ4v) is 3.33. The number of quaternary nitrogens is 1. The summed E-state index contributed by atoms with van der Waals surface area (Å²) in [7, 11) is 2.13. The van der Waals surface area contributed by atoms with Crippen LogP contribution < -0.4 is 15.1 Å². The second-order valence-corrected chi connectivity index (χ2v) is 7.18. The molecule has 0 radical (unpaired) electrons. The van der Waals surface area contributed by atoms with Crippen LogP contribution in [0.1, 0.15) is 15.9 Å². The minimum atomic E-state index is -0.487. The van der Waals surface area contributed by atoms with Crippen molar-refractivity contribution < 1.29 is 14.6 Å². The molecule has 1 heterocycles. The molecule has 0 atom stereocenters. The molecular weight excluding hydrogens is 368 g/mol. The second-order valence-electron chi connectivity index (χ2n) is 6.77. The molecule has 27 heavy (non-hydrogen) atoms. The molecule has 0 saturated carbocycles. The van der Waals surface area contributed by atoms with E-state index in [1.807, 2.05) is 6.92 Å². The first-order valence-corrected chi connectivity index (χ1v) is 9.16. The Morgan fingerprint density at radius 3 is 2.63 bits per heavy atom. The molecule has 0 spiro atoms. The summed E-state index contributed by atoms with van der Waals surface area (Å²) in [5, 5.41) is 14.6. The van der Waals surface area contributed by atoms with Gasteiger partial charge in [0.25, 0.3) is 11.6 Å². The van der Waals surface area contributed by atoms with Gasteiger partial charge in [-0.15, -0.1) is 0 Å². The van der Waals surface area contributed by atoms with Crippen molar-refractivity contribution in [2.75, 3.05) is 43.4 Å². The maximum atomic E-state index is 13.0. The molecule has 0 unspecified atom stereocenters. The van der Waals surface area contributed by atoms with E-state index in [4.69, 9.17) is 11.6 Å². The first-order valence-electron chi connectivity index (χ1n) is 8.78. The zero-order valence-electron chi connectivity index (χ0n) is 15.3. The van der Waals surface area contributed by atoms with Crippen molar-refractivity contribution in [1.82, 2.24) is 0 Å². The molecule has 1 saturated heterocycles. The number of carbonyl (C=O) groups is 1. The molecule has 0 aromatic heterocycles. The summed E-state index contributed by atoms with van der Waals surface area (Å²) in [6.07, 6.45) is 0. The van der Waals surface area contributed by atoms with E-state index in [-0.39, 0.29) is 11.6 Å². The monoisotopic (exact) mass is 389 g/mol. The van der Waals surface area contributed by atoms with E-state index in [1.165, 1.54) is 17.0 Å². The number of halogens is 1. The Morgan fingerprint density at radius 2 is 1.96 bits per heavy atom. The van der Waals surface area contributed by atoms with Crippen molar-refractivity contribution in [1.29, 1.82) is 0 Å². The van der Waals surface area contributed by atoms with Crippen LogP contribution in [0.15, 0.2) is 36.4 Å². The molecular formula is C19H22ClN4O3+. The van der Waals surface area contributed by atoms with Crippen LogP contribution in [0.25, 0.3) is 0 Å². The third kappa shape index (κ3) is 4.20. The number of rotatable bonds is 4. The van der Waals surface area contributed by atoms with E-state index >= 15 is 0 Å². The summed E-state index contributed by atoms with van der Waals surface area (Å²) >= 11 is 6.13. The van der Waals surface area contributed by atoms with Crippen molar-refractivity contribution in [3.05, 3.63) is 62.7 Å². The number of carbonyl (C=O) groups excluding carboxylic acids is 1. The lowest BCUT2D eigenvalue weighted by molar-refractivity contribution is -0.880. The van der Waals surface area contributed by atoms with Crippen molar-refractivity contribution in [2.24, 2.45) is 0 Å². The number of likely N-dealkylation sites (N-methyl/N-ethyl adjacent to an activating group) is 1. The highest BCUT2D eigenvalue weighted by Gasteiger charge is 2.24. The minimum absolute atomic E-state index is 0.105. The van der Waals surface area contributed by atoms with Gasteiger partial charge in [-0.25, -0.2) is 0 Å². The van der Waals surface area contributed by atoms with E-state index in [1.54, 1.807) is 24.3 Å². The van der Waals surface area contributed by atoms with Gasteiger partial charge in [0.2, 0.25) is 0 Å². The SMILES string of the molecule is Cc1c(Cl)cccc1NC(=O)c1cc([N+](=O)[O-])ccc1N1CC[NH+](C)CC1. The second kappa shape index (κ2) is 7.94. The van der Waals surface area contributed by atoms with Crippen LogP contribution in [-0.4, -0.2) is 44.1 Å². The molecule has 7 nitrogen and oxygen atoms in total. The number of amides is 1. The van der Waals surface area contributed by atoms with Gasteiger partial charge in [0.1, 0.15) is 0 Å². The van der Waals surface area contributed by atoms with Crippen LogP contribution in [0, 0.1) is 17.0 Å². The lowest BCUT2D eigenvalue weighted by atomic mass is 10.1. The van der Waals surface area contributed by atoms with Crippen LogP contribution in [-0.2, 0) is 0 Å². The number of nitrogens with one attached hydrogen (secondary N) is 2. The Balaban J connectivity index is 1.95. The molecule has 0 aliphatic carbocycles. The number of benzene rings is 2. The lowest BCUT2D eigenvalue weighted by Gasteiger charge is -2.32. The van der Waals surface area contributed by atoms with Crippen molar-refractivity contribution in [3.8, 4) is 0 Å². The number of hydrogen-bond donors (Lipinski definition) is 2. The average molecular weight is 390 g/mol. The Bertz CT molecular complexity index is 879. The van der Waals surface area contributed by atoms with E-state index < -0.39 is 4.92 Å². The normalized spacial score (nSPS) is 14.9. The predicted molar refractivity (Wildman–Crippen MR) is 106 cm³/mol. The number of hydrogen-bond acceptors (Lipinski definition) is 4. The van der Waals surface area contributed by atoms with Gasteiger partial charge in [-0.2, -0.15) is 0 Å². The molecule has 2 aromatic rings. The van der Waals surface area contributed by atoms with Crippen molar-refractivity contribution in [3.63, 3.8) is 0 Å². The zero-order valence-corrected chi connectivity index (χ0v) is 16.0. The highest BCUT2D eigenvalue weighted by Crippen LogP contribution is 2.28. The van der Waals surface area contributed by atoms with Gasteiger partial charge in [-0.3, -0.25) is 14.9 Å². The molecule has 1 aliphatic rings. The quantitative estimate of drug-likeness (QED) is 0.620. The summed E-state index contributed by atoms with van der Waals surface area (Å²) in [4.78, 5) is 27.2. The van der Waals surface area contributed by atoms with Crippen LogP contribution >= 0.6 is 11.6 Å². The topological polar surface area (TPSA) is 79.9 Å². The minimum Gasteiger partial charge on any atom is -0.360 e. The van der Waals surface area contributed by atoms with Crippen LogP contribution in [0.5, 0.6) is 0 Å². The Labute approximate surface area is 162 Å². The molecule has 1 aliphatic heterocycles. The zero-order chi connectivity index (χ0) is 19.6. The number of nitrogens with zero attached hydrogens (tertiary/aromatic N) is 2. The van der Waals surface area contributed by atoms with Gasteiger partial charge < -0.3 is 15.1 Å². The maximum absolute atomic E-state index is 13.0. The van der Waals surface area contributed by atoms with Crippen LogP contribution in [0.3, 0.4) is 0 Å². The summed E-state index contributed by atoms with van der Waals surface area (Å²) in [5.74, 6) is -0.384. The maximum Gasteiger partial charge on any atom is 0.270 e. The number of piperazine rings is 1. The molecule has 8 heteroatoms. The number of non-ortho nitro benzene ring substituents is 1. The molecule has 2 N–H and O–H groups in total. The number of nitro groups is 1. The van der Waals surface area contributed by atoms with Gasteiger partial charge in [-0.1, -0.05) is 17.7 Å². The smallest absolute Gasteiger partial charge is 0.270 e. The van der Waals surface area contributed by atoms with E-state index in [9.17, 15) is 14.9 Å². The number of anilines is 2. The van der Waals surface area contributed by atoms with Gasteiger partial charge >= 0.3 is 0 Å². The molecule has 1 fully saturated rings. The first-order chi connectivity index (χ1) is 12.9. The summed E-state index contributed by atoms with van der Waals surface area (Å²) in [6, 6.07) is 9.71. The standard InChI is InChI=1S/C19H21ClN4O3/c1-13-16(20)4-3-5-17(13)21-19(25)15-12-14(24(26)27)6-7-18(15)23-10-8-22(2)9-11-23/h3-7,12H,8-11H2,1-2H3,(H,21,25)/p+1. The molecule has 1 amide bonds. The van der Waals surface area contributed by atoms with Crippen LogP contribution in [0.2, 0.25) is 5.02 Å². The first kappa shape index (κ1) is 19.1. The lowest BCUT2D eigenvalue weighted by Crippen LogP contribution is -3.12. The summed E-state index contributed by atoms with van der Waals surface area (Å²) in [5.41, 5.74) is 2.25. The Kier molecular flexibility index (Phi) is 5.62. The van der Waals surface area contributed by atoms with E-state index in [2.05, 4.69) is 17.3 Å². The summed E-state index contributed by atoms with van der Waals surface area (Å²) < 4.78 is 0. The average Bonchev–Trinajstić information content (AvgIpc) is 2.65. The highest BCUT2D eigenvalue weighted by atomic mass is 35.5. The predicted octanol–water partition coefficient (Wildman–Crippen LogP) is 2.14. The fourth-order valence-electron chi connectivity index (χ4n) is 3.16. The van der Waals surface area contributed by atoms with Gasteiger partial charge in [0.05, 0.1) is 49.4 Å². The van der Waals surface area contributed by atoms with Gasteiger partial charge in [0.15, 0.2) is 0 Å². The summed E-state index contributed by atoms with van der Waals surface area (Å²) in [6.45, 7) is 5.30. The molecule has 142 valence electrons. The fraction of sp³-hybridized carbons (Fsp3) is 0.316. The van der Waals surface area contributed by atoms with Crippen molar-refractivity contribution in [2.45, 2.75) is 6.92 Å². The van der Waals surface area contributed by atoms with Gasteiger partial charge in [0, 0.05) is 22.8 Å². The Morgan fingerprint density at radius 1 is 1.26 bits per heavy atom. The molecule has 2 aromatic carbocycles. The largest absolute Gasteiger partial charge is 0.360 e. The number of nitro benzene ring substituents is 1. The Hall–Kier alpha value is -2.64. The molecule has 0 bridgehead atoms. The van der Waals surface area contributed by atoms with Gasteiger partial charge in [-0.05, 0) is 30.7 Å². The van der Waals surface area contributed by atoms with Crippen molar-refractivity contribution >= 4 is 34.6 Å². The van der Waals surface area contributed by atoms with E-state index in [0.717, 1.165) is 31.7 Å². The van der Waals surface area contributed by atoms with Crippen LogP contribution in [0.4, 0.5) is 17.1 Å².